The van der Waals surface area contributed by atoms with E-state index in [0.717, 1.165) is 17.3 Å². The van der Waals surface area contributed by atoms with Gasteiger partial charge in [0.25, 0.3) is 11.6 Å². The van der Waals surface area contributed by atoms with Gasteiger partial charge in [0.1, 0.15) is 0 Å². The summed E-state index contributed by atoms with van der Waals surface area (Å²) in [5.74, 6) is -12.1. The van der Waals surface area contributed by atoms with E-state index >= 15 is 0 Å². The largest absolute Gasteiger partial charge is 0.443 e. The molecule has 4 rings (SSSR count). The Labute approximate surface area is 214 Å². The Morgan fingerprint density at radius 3 is 1.86 bits per heavy atom. The molecule has 0 spiro atoms. The van der Waals surface area contributed by atoms with Gasteiger partial charge in [-0.25, -0.2) is 0 Å². The quantitative estimate of drug-likeness (QED) is 0.266. The van der Waals surface area contributed by atoms with E-state index in [1.165, 1.54) is 24.3 Å². The Hall–Kier alpha value is -2.53. The Balaban J connectivity index is 1.96. The minimum atomic E-state index is -5.68. The number of halogens is 6. The molecule has 0 bridgehead atoms. The lowest BCUT2D eigenvalue weighted by molar-refractivity contribution is -0.501. The maximum Gasteiger partial charge on any atom is 0.443 e. The Kier molecular flexibility index (Phi) is 7.42. The lowest BCUT2D eigenvalue weighted by Crippen LogP contribution is -2.68. The molecule has 198 valence electrons. The fraction of sp³-hybridized carbons (Fsp3) is 0.333. The number of alkyl halides is 6. The molecular formula is C27H24F6O3S. The predicted octanol–water partition coefficient (Wildman–Crippen LogP) is 7.15. The van der Waals surface area contributed by atoms with Crippen molar-refractivity contribution in [2.45, 2.75) is 53.3 Å². The van der Waals surface area contributed by atoms with Crippen LogP contribution in [0.25, 0.3) is 0 Å². The Morgan fingerprint density at radius 1 is 0.811 bits per heavy atom. The zero-order valence-electron chi connectivity index (χ0n) is 19.5. The summed E-state index contributed by atoms with van der Waals surface area (Å²) in [5.41, 5.74) is 1.36. The third-order valence-electron chi connectivity index (χ3n) is 6.52. The Bertz CT molecular complexity index is 1190. The molecule has 5 atom stereocenters. The molecule has 0 aliphatic carbocycles. The molecule has 0 radical (unpaired) electrons. The lowest BCUT2D eigenvalue weighted by atomic mass is 9.70. The van der Waals surface area contributed by atoms with Gasteiger partial charge in [-0.3, -0.25) is 0 Å². The van der Waals surface area contributed by atoms with E-state index in [4.69, 9.17) is 0 Å². The monoisotopic (exact) mass is 542 g/mol. The number of hydrogen-bond acceptors (Lipinski definition) is 4. The van der Waals surface area contributed by atoms with Crippen LogP contribution in [0.2, 0.25) is 0 Å². The van der Waals surface area contributed by atoms with Crippen molar-refractivity contribution in [1.82, 2.24) is 0 Å². The molecule has 0 amide bonds. The summed E-state index contributed by atoms with van der Waals surface area (Å²) in [4.78, 5) is 0.549. The Morgan fingerprint density at radius 2 is 1.35 bits per heavy atom. The summed E-state index contributed by atoms with van der Waals surface area (Å²) in [6.07, 6.45) is -12.5. The molecule has 1 aliphatic heterocycles. The van der Waals surface area contributed by atoms with E-state index in [1.54, 1.807) is 60.7 Å². The summed E-state index contributed by atoms with van der Waals surface area (Å²) in [5, 5.41) is 20.3. The lowest BCUT2D eigenvalue weighted by Gasteiger charge is -2.53. The first-order valence-corrected chi connectivity index (χ1v) is 12.2. The average Bonchev–Trinajstić information content (AvgIpc) is 2.83. The van der Waals surface area contributed by atoms with Crippen LogP contribution in [-0.2, 0) is 4.74 Å². The second kappa shape index (κ2) is 9.98. The van der Waals surface area contributed by atoms with Crippen molar-refractivity contribution in [3.63, 3.8) is 0 Å². The maximum atomic E-state index is 14.6. The maximum absolute atomic E-state index is 14.6. The van der Waals surface area contributed by atoms with Crippen LogP contribution in [0.3, 0.4) is 0 Å². The number of hydrogen-bond donors (Lipinski definition) is 2. The van der Waals surface area contributed by atoms with E-state index in [2.05, 4.69) is 4.74 Å². The highest BCUT2D eigenvalue weighted by Crippen LogP contribution is 2.62. The topological polar surface area (TPSA) is 49.7 Å². The first-order valence-electron chi connectivity index (χ1n) is 11.4. The fourth-order valence-corrected chi connectivity index (χ4v) is 6.08. The normalized spacial score (nSPS) is 27.6. The van der Waals surface area contributed by atoms with Gasteiger partial charge in [0.15, 0.2) is 0 Å². The summed E-state index contributed by atoms with van der Waals surface area (Å²) >= 11 is 0.979. The fourth-order valence-electron chi connectivity index (χ4n) is 4.68. The molecule has 1 fully saturated rings. The van der Waals surface area contributed by atoms with E-state index < -0.39 is 47.4 Å². The standard InChI is InChI=1S/C27H24F6O3S/c1-17-12-14-20(15-13-17)37-23(19-10-6-3-7-11-19)22-21(18-8-4-2-5-9-18)16-24(34,26(28,29)30)36-25(22,35)27(31,32)33/h2-15,21-23,34-35H,16H2,1H3. The number of aryl methyl sites for hydroxylation is 1. The van der Waals surface area contributed by atoms with Crippen LogP contribution < -0.4 is 0 Å². The van der Waals surface area contributed by atoms with Crippen LogP contribution in [0.15, 0.2) is 89.8 Å². The van der Waals surface area contributed by atoms with Gasteiger partial charge in [-0.15, -0.1) is 11.8 Å². The van der Waals surface area contributed by atoms with Gasteiger partial charge in [-0.1, -0.05) is 78.4 Å². The summed E-state index contributed by atoms with van der Waals surface area (Å²) in [6, 6.07) is 22.1. The molecule has 10 heteroatoms. The highest BCUT2D eigenvalue weighted by molar-refractivity contribution is 7.99. The highest BCUT2D eigenvalue weighted by atomic mass is 32.2. The second-order valence-electron chi connectivity index (χ2n) is 9.09. The predicted molar refractivity (Wildman–Crippen MR) is 127 cm³/mol. The van der Waals surface area contributed by atoms with Crippen molar-refractivity contribution < 1.29 is 41.3 Å². The minimum Gasteiger partial charge on any atom is -0.358 e. The van der Waals surface area contributed by atoms with Crippen LogP contribution in [0, 0.1) is 12.8 Å². The van der Waals surface area contributed by atoms with Crippen molar-refractivity contribution in [3.05, 3.63) is 102 Å². The number of ether oxygens (including phenoxy) is 1. The van der Waals surface area contributed by atoms with Gasteiger partial charge >= 0.3 is 12.4 Å². The molecule has 1 aliphatic rings. The zero-order valence-corrected chi connectivity index (χ0v) is 20.3. The van der Waals surface area contributed by atoms with E-state index in [9.17, 15) is 36.6 Å². The van der Waals surface area contributed by atoms with Crippen molar-refractivity contribution in [2.75, 3.05) is 0 Å². The summed E-state index contributed by atoms with van der Waals surface area (Å²) in [7, 11) is 0. The molecule has 37 heavy (non-hydrogen) atoms. The first kappa shape index (κ1) is 27.5. The molecule has 2 N–H and O–H groups in total. The molecular weight excluding hydrogens is 518 g/mol. The van der Waals surface area contributed by atoms with Crippen LogP contribution >= 0.6 is 11.8 Å². The average molecular weight is 543 g/mol. The van der Waals surface area contributed by atoms with Crippen molar-refractivity contribution in [1.29, 1.82) is 0 Å². The van der Waals surface area contributed by atoms with Crippen LogP contribution in [0.1, 0.15) is 34.3 Å². The van der Waals surface area contributed by atoms with E-state index in [-0.39, 0.29) is 5.56 Å². The van der Waals surface area contributed by atoms with Gasteiger partial charge in [-0.05, 0) is 36.1 Å². The molecule has 1 heterocycles. The molecule has 1 saturated heterocycles. The molecule has 0 saturated carbocycles. The van der Waals surface area contributed by atoms with Crippen LogP contribution in [0.4, 0.5) is 26.3 Å². The minimum absolute atomic E-state index is 0.103. The molecule has 0 aromatic heterocycles. The van der Waals surface area contributed by atoms with Crippen molar-refractivity contribution in [3.8, 4) is 0 Å². The number of benzene rings is 3. The van der Waals surface area contributed by atoms with Crippen LogP contribution in [-0.4, -0.2) is 34.1 Å². The van der Waals surface area contributed by atoms with Crippen LogP contribution in [0.5, 0.6) is 0 Å². The molecule has 3 nitrogen and oxygen atoms in total. The summed E-state index contributed by atoms with van der Waals surface area (Å²) < 4.78 is 89.9. The van der Waals surface area contributed by atoms with Gasteiger partial charge in [0, 0.05) is 22.5 Å². The third-order valence-corrected chi connectivity index (χ3v) is 7.89. The molecule has 5 unspecified atom stereocenters. The second-order valence-corrected chi connectivity index (χ2v) is 10.3. The SMILES string of the molecule is Cc1ccc(SC(c2ccccc2)C2C(c3ccccc3)CC(O)(C(F)(F)F)OC2(O)C(F)(F)F)cc1. The van der Waals surface area contributed by atoms with Gasteiger partial charge in [0.2, 0.25) is 0 Å². The van der Waals surface area contributed by atoms with Crippen molar-refractivity contribution >= 4 is 11.8 Å². The van der Waals surface area contributed by atoms with Gasteiger partial charge < -0.3 is 14.9 Å². The number of rotatable bonds is 5. The van der Waals surface area contributed by atoms with Crippen molar-refractivity contribution in [2.24, 2.45) is 5.92 Å². The van der Waals surface area contributed by atoms with Gasteiger partial charge in [-0.2, -0.15) is 26.3 Å². The molecule has 3 aromatic rings. The smallest absolute Gasteiger partial charge is 0.358 e. The van der Waals surface area contributed by atoms with E-state index in [1.807, 2.05) is 6.92 Å². The number of aliphatic hydroxyl groups is 2. The van der Waals surface area contributed by atoms with E-state index in [0.29, 0.717) is 10.5 Å². The molecule has 3 aromatic carbocycles. The first-order chi connectivity index (χ1) is 17.3. The highest BCUT2D eigenvalue weighted by Gasteiger charge is 2.74. The third kappa shape index (κ3) is 5.38. The van der Waals surface area contributed by atoms with Gasteiger partial charge in [0.05, 0.1) is 0 Å². The number of thioether (sulfide) groups is 1. The zero-order chi connectivity index (χ0) is 27.1. The summed E-state index contributed by atoms with van der Waals surface area (Å²) in [6.45, 7) is 1.84.